The fraction of sp³-hybridized carbons (Fsp3) is 0.182. The Morgan fingerprint density at radius 2 is 1.88 bits per heavy atom. The number of halogens is 2. The summed E-state index contributed by atoms with van der Waals surface area (Å²) in [4.78, 5) is 0. The highest BCUT2D eigenvalue weighted by atomic mass is 19.1. The highest BCUT2D eigenvalue weighted by Gasteiger charge is 2.15. The molecule has 0 unspecified atom stereocenters. The quantitative estimate of drug-likeness (QED) is 0.795. The van der Waals surface area contributed by atoms with Crippen LogP contribution in [-0.2, 0) is 13.1 Å². The summed E-state index contributed by atoms with van der Waals surface area (Å²) in [5.41, 5.74) is 2.42. The van der Waals surface area contributed by atoms with E-state index >= 15 is 0 Å². The zero-order valence-electron chi connectivity index (χ0n) is 8.37. The van der Waals surface area contributed by atoms with E-state index in [1.54, 1.807) is 6.20 Å². The van der Waals surface area contributed by atoms with Crippen molar-refractivity contribution >= 4 is 0 Å². The lowest BCUT2D eigenvalue weighted by Gasteiger charge is -2.02. The Balaban J connectivity index is 2.08. The molecule has 0 saturated heterocycles. The summed E-state index contributed by atoms with van der Waals surface area (Å²) in [6.07, 6.45) is 1.80. The lowest BCUT2D eigenvalue weighted by molar-refractivity contribution is 0.579. The number of fused-ring (bicyclic) bond motifs is 1. The van der Waals surface area contributed by atoms with Gasteiger partial charge in [-0.2, -0.15) is 5.10 Å². The minimum Gasteiger partial charge on any atom is -0.307 e. The van der Waals surface area contributed by atoms with Crippen molar-refractivity contribution in [1.29, 1.82) is 0 Å². The molecule has 0 aliphatic carbocycles. The molecule has 82 valence electrons. The van der Waals surface area contributed by atoms with Crippen molar-refractivity contribution in [1.82, 2.24) is 15.1 Å². The van der Waals surface area contributed by atoms with Crippen LogP contribution in [0.5, 0.6) is 0 Å². The molecule has 0 spiro atoms. The van der Waals surface area contributed by atoms with Crippen LogP contribution in [-0.4, -0.2) is 9.78 Å². The highest BCUT2D eigenvalue weighted by molar-refractivity contribution is 5.34. The predicted octanol–water partition coefficient (Wildman–Crippen LogP) is 1.75. The van der Waals surface area contributed by atoms with E-state index in [1.165, 1.54) is 16.8 Å². The van der Waals surface area contributed by atoms with Crippen molar-refractivity contribution < 1.29 is 8.78 Å². The molecule has 1 aromatic heterocycles. The smallest absolute Gasteiger partial charge is 0.128 e. The second-order valence-corrected chi connectivity index (χ2v) is 3.78. The molecule has 0 amide bonds. The number of aromatic nitrogens is 2. The van der Waals surface area contributed by atoms with Crippen molar-refractivity contribution in [3.8, 4) is 5.69 Å². The van der Waals surface area contributed by atoms with Crippen molar-refractivity contribution in [2.75, 3.05) is 0 Å². The SMILES string of the molecule is Fc1cc(F)cc(-n2cc3c(n2)CNC3)c1. The van der Waals surface area contributed by atoms with Gasteiger partial charge in [-0.05, 0) is 12.1 Å². The van der Waals surface area contributed by atoms with Crippen LogP contribution in [0.3, 0.4) is 0 Å². The monoisotopic (exact) mass is 221 g/mol. The van der Waals surface area contributed by atoms with Gasteiger partial charge in [0.2, 0.25) is 0 Å². The molecule has 1 aliphatic heterocycles. The first kappa shape index (κ1) is 9.47. The molecule has 3 nitrogen and oxygen atoms in total. The Morgan fingerprint density at radius 1 is 1.12 bits per heavy atom. The van der Waals surface area contributed by atoms with Gasteiger partial charge < -0.3 is 5.32 Å². The van der Waals surface area contributed by atoms with Gasteiger partial charge in [0, 0.05) is 30.9 Å². The molecule has 1 aliphatic rings. The molecule has 5 heteroatoms. The number of hydrogen-bond acceptors (Lipinski definition) is 2. The van der Waals surface area contributed by atoms with E-state index in [1.807, 2.05) is 0 Å². The van der Waals surface area contributed by atoms with E-state index in [2.05, 4.69) is 10.4 Å². The van der Waals surface area contributed by atoms with E-state index in [-0.39, 0.29) is 0 Å². The summed E-state index contributed by atoms with van der Waals surface area (Å²) in [6, 6.07) is 3.37. The Labute approximate surface area is 90.7 Å². The van der Waals surface area contributed by atoms with Crippen LogP contribution in [0.15, 0.2) is 24.4 Å². The number of benzene rings is 1. The fourth-order valence-electron chi connectivity index (χ4n) is 1.86. The van der Waals surface area contributed by atoms with Crippen molar-refractivity contribution in [2.45, 2.75) is 13.1 Å². The molecule has 16 heavy (non-hydrogen) atoms. The number of nitrogens with one attached hydrogen (secondary N) is 1. The second-order valence-electron chi connectivity index (χ2n) is 3.78. The average molecular weight is 221 g/mol. The first-order valence-electron chi connectivity index (χ1n) is 4.97. The van der Waals surface area contributed by atoms with Crippen LogP contribution in [0.2, 0.25) is 0 Å². The van der Waals surface area contributed by atoms with E-state index in [0.29, 0.717) is 12.2 Å². The summed E-state index contributed by atoms with van der Waals surface area (Å²) >= 11 is 0. The average Bonchev–Trinajstić information content (AvgIpc) is 2.74. The Kier molecular flexibility index (Phi) is 2.00. The van der Waals surface area contributed by atoms with Gasteiger partial charge >= 0.3 is 0 Å². The van der Waals surface area contributed by atoms with Gasteiger partial charge in [-0.1, -0.05) is 0 Å². The minimum absolute atomic E-state index is 0.409. The third-order valence-corrected chi connectivity index (χ3v) is 2.60. The molecule has 1 aromatic carbocycles. The van der Waals surface area contributed by atoms with Crippen LogP contribution < -0.4 is 5.32 Å². The molecular weight excluding hydrogens is 212 g/mol. The van der Waals surface area contributed by atoms with Gasteiger partial charge in [0.1, 0.15) is 11.6 Å². The van der Waals surface area contributed by atoms with Crippen molar-refractivity contribution in [3.05, 3.63) is 47.3 Å². The molecule has 0 saturated carbocycles. The first-order chi connectivity index (χ1) is 7.72. The van der Waals surface area contributed by atoms with E-state index in [9.17, 15) is 8.78 Å². The fourth-order valence-corrected chi connectivity index (χ4v) is 1.86. The number of hydrogen-bond donors (Lipinski definition) is 1. The van der Waals surface area contributed by atoms with Crippen LogP contribution in [0.4, 0.5) is 8.78 Å². The topological polar surface area (TPSA) is 29.9 Å². The molecule has 2 aromatic rings. The van der Waals surface area contributed by atoms with Gasteiger partial charge in [-0.3, -0.25) is 0 Å². The molecule has 0 atom stereocenters. The summed E-state index contributed by atoms with van der Waals surface area (Å²) in [7, 11) is 0. The first-order valence-corrected chi connectivity index (χ1v) is 4.97. The summed E-state index contributed by atoms with van der Waals surface area (Å²) < 4.78 is 27.6. The van der Waals surface area contributed by atoms with Crippen LogP contribution in [0.1, 0.15) is 11.3 Å². The maximum Gasteiger partial charge on any atom is 0.128 e. The van der Waals surface area contributed by atoms with Crippen molar-refractivity contribution in [3.63, 3.8) is 0 Å². The number of nitrogens with zero attached hydrogens (tertiary/aromatic N) is 2. The third kappa shape index (κ3) is 1.49. The van der Waals surface area contributed by atoms with E-state index in [4.69, 9.17) is 0 Å². The predicted molar refractivity (Wildman–Crippen MR) is 54.0 cm³/mol. The van der Waals surface area contributed by atoms with Gasteiger partial charge in [-0.15, -0.1) is 0 Å². The van der Waals surface area contributed by atoms with Gasteiger partial charge in [0.05, 0.1) is 11.4 Å². The van der Waals surface area contributed by atoms with E-state index in [0.717, 1.165) is 23.9 Å². The summed E-state index contributed by atoms with van der Waals surface area (Å²) in [6.45, 7) is 1.47. The summed E-state index contributed by atoms with van der Waals surface area (Å²) in [5, 5.41) is 7.41. The zero-order valence-corrected chi connectivity index (χ0v) is 8.37. The van der Waals surface area contributed by atoms with Gasteiger partial charge in [-0.25, -0.2) is 13.5 Å². The molecule has 2 heterocycles. The van der Waals surface area contributed by atoms with Gasteiger partial charge in [0.25, 0.3) is 0 Å². The zero-order chi connectivity index (χ0) is 11.1. The molecule has 0 radical (unpaired) electrons. The largest absolute Gasteiger partial charge is 0.307 e. The second kappa shape index (κ2) is 3.38. The molecule has 1 N–H and O–H groups in total. The molecule has 3 rings (SSSR count). The molecule has 0 fully saturated rings. The lowest BCUT2D eigenvalue weighted by Crippen LogP contribution is -2.05. The van der Waals surface area contributed by atoms with Crippen LogP contribution in [0.25, 0.3) is 5.69 Å². The molecular formula is C11H9F2N3. The Bertz CT molecular complexity index is 506. The van der Waals surface area contributed by atoms with Crippen molar-refractivity contribution in [2.24, 2.45) is 0 Å². The van der Waals surface area contributed by atoms with Crippen LogP contribution >= 0.6 is 0 Å². The minimum atomic E-state index is -0.594. The standard InChI is InChI=1S/C11H9F2N3/c12-8-1-9(13)3-10(2-8)16-6-7-4-14-5-11(7)15-16/h1-3,6,14H,4-5H2. The summed E-state index contributed by atoms with van der Waals surface area (Å²) in [5.74, 6) is -1.19. The molecule has 0 bridgehead atoms. The van der Waals surface area contributed by atoms with E-state index < -0.39 is 11.6 Å². The van der Waals surface area contributed by atoms with Gasteiger partial charge in [0.15, 0.2) is 0 Å². The van der Waals surface area contributed by atoms with Crippen LogP contribution in [0, 0.1) is 11.6 Å². The Morgan fingerprint density at radius 3 is 2.56 bits per heavy atom. The lowest BCUT2D eigenvalue weighted by atomic mass is 10.3. The number of rotatable bonds is 1. The highest BCUT2D eigenvalue weighted by Crippen LogP contribution is 2.17. The third-order valence-electron chi connectivity index (χ3n) is 2.60. The normalized spacial score (nSPS) is 14.1. The Hall–Kier alpha value is -1.75. The maximum atomic E-state index is 13.0. The maximum absolute atomic E-state index is 13.0.